The zero-order chi connectivity index (χ0) is 21.8. The summed E-state index contributed by atoms with van der Waals surface area (Å²) in [5, 5.41) is 19.5. The average molecular weight is 419 g/mol. The standard InChI is InChI=1S/C18H11F6NO4/c1-16(14(27)12(26)15(28)29-16)9-5-8(6-10(7-9)17(19,20)21)11-3-2-4-25-13(11)18(22,23)24/h2-7,26-27H,1H3. The van der Waals surface area contributed by atoms with E-state index in [9.17, 15) is 41.4 Å². The molecule has 154 valence electrons. The molecule has 0 aliphatic carbocycles. The average Bonchev–Trinajstić information content (AvgIpc) is 2.84. The predicted octanol–water partition coefficient (Wildman–Crippen LogP) is 4.89. The molecular formula is C18H11F6NO4. The van der Waals surface area contributed by atoms with E-state index < -0.39 is 63.4 Å². The Bertz CT molecular complexity index is 1030. The summed E-state index contributed by atoms with van der Waals surface area (Å²) >= 11 is 0. The van der Waals surface area contributed by atoms with E-state index in [2.05, 4.69) is 4.98 Å². The Morgan fingerprint density at radius 1 is 1.03 bits per heavy atom. The molecule has 0 amide bonds. The van der Waals surface area contributed by atoms with Crippen molar-refractivity contribution in [2.75, 3.05) is 0 Å². The van der Waals surface area contributed by atoms with Crippen LogP contribution in [0.2, 0.25) is 0 Å². The maximum atomic E-state index is 13.4. The molecule has 0 radical (unpaired) electrons. The van der Waals surface area contributed by atoms with Crippen molar-refractivity contribution in [1.82, 2.24) is 4.98 Å². The summed E-state index contributed by atoms with van der Waals surface area (Å²) in [7, 11) is 0. The summed E-state index contributed by atoms with van der Waals surface area (Å²) < 4.78 is 84.8. The molecule has 1 unspecified atom stereocenters. The number of aliphatic hydroxyl groups excluding tert-OH is 2. The molecule has 0 saturated heterocycles. The molecule has 29 heavy (non-hydrogen) atoms. The summed E-state index contributed by atoms with van der Waals surface area (Å²) in [5.41, 5.74) is -6.65. The lowest BCUT2D eigenvalue weighted by Gasteiger charge is -2.25. The van der Waals surface area contributed by atoms with Gasteiger partial charge >= 0.3 is 18.3 Å². The fourth-order valence-corrected chi connectivity index (χ4v) is 2.89. The van der Waals surface area contributed by atoms with E-state index in [4.69, 9.17) is 4.74 Å². The first-order chi connectivity index (χ1) is 13.2. The summed E-state index contributed by atoms with van der Waals surface area (Å²) in [5.74, 6) is -3.65. The van der Waals surface area contributed by atoms with Gasteiger partial charge in [0.25, 0.3) is 0 Å². The van der Waals surface area contributed by atoms with Crippen molar-refractivity contribution in [1.29, 1.82) is 0 Å². The van der Waals surface area contributed by atoms with Crippen LogP contribution in [0.5, 0.6) is 0 Å². The second-order valence-corrected chi connectivity index (χ2v) is 6.31. The lowest BCUT2D eigenvalue weighted by Crippen LogP contribution is -2.26. The van der Waals surface area contributed by atoms with E-state index in [-0.39, 0.29) is 0 Å². The number of hydrogen-bond donors (Lipinski definition) is 2. The van der Waals surface area contributed by atoms with Crippen LogP contribution in [0.4, 0.5) is 26.3 Å². The highest BCUT2D eigenvalue weighted by molar-refractivity contribution is 5.90. The lowest BCUT2D eigenvalue weighted by molar-refractivity contribution is -0.149. The van der Waals surface area contributed by atoms with E-state index in [0.29, 0.717) is 12.1 Å². The van der Waals surface area contributed by atoms with Gasteiger partial charge in [-0.05, 0) is 36.8 Å². The molecule has 0 spiro atoms. The fraction of sp³-hybridized carbons (Fsp3) is 0.222. The minimum Gasteiger partial charge on any atom is -0.505 e. The van der Waals surface area contributed by atoms with Crippen LogP contribution in [0.25, 0.3) is 11.1 Å². The highest BCUT2D eigenvalue weighted by atomic mass is 19.4. The number of pyridine rings is 1. The Balaban J connectivity index is 2.30. The molecule has 3 rings (SSSR count). The third-order valence-corrected chi connectivity index (χ3v) is 4.36. The summed E-state index contributed by atoms with van der Waals surface area (Å²) in [6, 6.07) is 3.94. The van der Waals surface area contributed by atoms with E-state index in [1.165, 1.54) is 0 Å². The smallest absolute Gasteiger partial charge is 0.433 e. The van der Waals surface area contributed by atoms with E-state index >= 15 is 0 Å². The van der Waals surface area contributed by atoms with Gasteiger partial charge in [0.1, 0.15) is 0 Å². The molecule has 11 heteroatoms. The Kier molecular flexibility index (Phi) is 4.52. The van der Waals surface area contributed by atoms with E-state index in [1.807, 2.05) is 0 Å². The number of esters is 1. The number of hydrogen-bond acceptors (Lipinski definition) is 5. The molecule has 0 saturated carbocycles. The van der Waals surface area contributed by atoms with E-state index in [0.717, 1.165) is 31.3 Å². The maximum absolute atomic E-state index is 13.4. The minimum atomic E-state index is -4.97. The second-order valence-electron chi connectivity index (χ2n) is 6.31. The number of carbonyl (C=O) groups excluding carboxylic acids is 1. The van der Waals surface area contributed by atoms with Crippen molar-refractivity contribution in [2.24, 2.45) is 0 Å². The lowest BCUT2D eigenvalue weighted by atomic mass is 9.89. The van der Waals surface area contributed by atoms with Crippen molar-refractivity contribution in [2.45, 2.75) is 24.9 Å². The Labute approximate surface area is 158 Å². The second kappa shape index (κ2) is 6.39. The van der Waals surface area contributed by atoms with Crippen LogP contribution in [0.1, 0.15) is 23.7 Å². The van der Waals surface area contributed by atoms with Crippen molar-refractivity contribution in [3.63, 3.8) is 0 Å². The predicted molar refractivity (Wildman–Crippen MR) is 85.4 cm³/mol. The van der Waals surface area contributed by atoms with Gasteiger partial charge < -0.3 is 14.9 Å². The molecule has 0 fully saturated rings. The quantitative estimate of drug-likeness (QED) is 0.536. The molecule has 1 aliphatic rings. The van der Waals surface area contributed by atoms with Crippen molar-refractivity contribution in [3.05, 3.63) is 64.9 Å². The zero-order valence-electron chi connectivity index (χ0n) is 14.4. The molecule has 2 aromatic rings. The maximum Gasteiger partial charge on any atom is 0.433 e. The summed E-state index contributed by atoms with van der Waals surface area (Å²) in [4.78, 5) is 14.7. The first-order valence-corrected chi connectivity index (χ1v) is 7.86. The summed E-state index contributed by atoms with van der Waals surface area (Å²) in [6.45, 7) is 0.997. The van der Waals surface area contributed by atoms with Gasteiger partial charge in [-0.2, -0.15) is 26.3 Å². The number of aliphatic hydroxyl groups is 2. The van der Waals surface area contributed by atoms with Crippen molar-refractivity contribution >= 4 is 5.97 Å². The first-order valence-electron chi connectivity index (χ1n) is 7.86. The van der Waals surface area contributed by atoms with Crippen LogP contribution in [0.15, 0.2) is 48.0 Å². The SMILES string of the molecule is CC1(c2cc(-c3cccnc3C(F)(F)F)cc(C(F)(F)F)c2)OC(=O)C(O)=C1O. The molecule has 1 atom stereocenters. The Morgan fingerprint density at radius 2 is 1.69 bits per heavy atom. The Morgan fingerprint density at radius 3 is 2.21 bits per heavy atom. The van der Waals surface area contributed by atoms with Gasteiger partial charge in [-0.3, -0.25) is 4.98 Å². The summed E-state index contributed by atoms with van der Waals surface area (Å²) in [6.07, 6.45) is -9.08. The van der Waals surface area contributed by atoms with Gasteiger partial charge in [-0.15, -0.1) is 0 Å². The topological polar surface area (TPSA) is 79.7 Å². The third-order valence-electron chi connectivity index (χ3n) is 4.36. The van der Waals surface area contributed by atoms with Gasteiger partial charge in [-0.25, -0.2) is 4.79 Å². The number of rotatable bonds is 2. The number of ether oxygens (including phenoxy) is 1. The molecule has 5 nitrogen and oxygen atoms in total. The van der Waals surface area contributed by atoms with Gasteiger partial charge in [0.05, 0.1) is 5.56 Å². The van der Waals surface area contributed by atoms with Crippen molar-refractivity contribution in [3.8, 4) is 11.1 Å². The number of benzene rings is 1. The molecule has 1 aliphatic heterocycles. The normalized spacial score (nSPS) is 20.2. The van der Waals surface area contributed by atoms with Gasteiger partial charge in [0.15, 0.2) is 17.1 Å². The number of halogens is 6. The number of cyclic esters (lactones) is 1. The molecule has 0 bridgehead atoms. The van der Waals surface area contributed by atoms with Gasteiger partial charge in [-0.1, -0.05) is 6.07 Å². The van der Waals surface area contributed by atoms with E-state index in [1.54, 1.807) is 0 Å². The number of nitrogens with zero attached hydrogens (tertiary/aromatic N) is 1. The molecule has 1 aromatic carbocycles. The highest BCUT2D eigenvalue weighted by Gasteiger charge is 2.48. The van der Waals surface area contributed by atoms with Crippen LogP contribution in [-0.2, 0) is 27.5 Å². The van der Waals surface area contributed by atoms with Crippen LogP contribution in [-0.4, -0.2) is 21.2 Å². The van der Waals surface area contributed by atoms with Crippen LogP contribution < -0.4 is 0 Å². The molecule has 2 N–H and O–H groups in total. The molecule has 2 heterocycles. The molecule has 1 aromatic heterocycles. The van der Waals surface area contributed by atoms with Crippen molar-refractivity contribution < 1.29 is 46.1 Å². The molecular weight excluding hydrogens is 408 g/mol. The van der Waals surface area contributed by atoms with Gasteiger partial charge in [0, 0.05) is 17.3 Å². The Hall–Kier alpha value is -3.24. The van der Waals surface area contributed by atoms with Crippen LogP contribution in [0.3, 0.4) is 0 Å². The largest absolute Gasteiger partial charge is 0.505 e. The number of aromatic nitrogens is 1. The first kappa shape index (κ1) is 20.5. The van der Waals surface area contributed by atoms with Crippen LogP contribution in [0, 0.1) is 0 Å². The number of carbonyl (C=O) groups is 1. The minimum absolute atomic E-state index is 0.483. The zero-order valence-corrected chi connectivity index (χ0v) is 14.4. The fourth-order valence-electron chi connectivity index (χ4n) is 2.89. The number of alkyl halides is 6. The highest BCUT2D eigenvalue weighted by Crippen LogP contribution is 2.44. The monoisotopic (exact) mass is 419 g/mol. The van der Waals surface area contributed by atoms with Gasteiger partial charge in [0.2, 0.25) is 5.76 Å². The third kappa shape index (κ3) is 3.47. The van der Waals surface area contributed by atoms with Crippen LogP contribution >= 0.6 is 0 Å².